The Kier molecular flexibility index (Phi) is 35.2. The van der Waals surface area contributed by atoms with Crippen LogP contribution in [0, 0.1) is 47.3 Å². The van der Waals surface area contributed by atoms with Crippen molar-refractivity contribution in [2.24, 2.45) is 53.1 Å². The molecular weight excluding hydrogens is 1350 g/mol. The highest BCUT2D eigenvalue weighted by atomic mass is 16.7. The number of carbonyl (C=O) groups excluding carboxylic acids is 9. The summed E-state index contributed by atoms with van der Waals surface area (Å²) in [6.45, 7) is 14.6. The summed E-state index contributed by atoms with van der Waals surface area (Å²) in [6.07, 6.45) is 14.2. The van der Waals surface area contributed by atoms with Gasteiger partial charge in [-0.2, -0.15) is 0 Å². The molecule has 104 heavy (non-hydrogen) atoms. The number of fused-ring (bicyclic) bond motifs is 5. The lowest BCUT2D eigenvalue weighted by Gasteiger charge is -2.49. The van der Waals surface area contributed by atoms with E-state index >= 15 is 0 Å². The number of aryl methyl sites for hydroxylation is 1. The molecule has 0 bridgehead atoms. The van der Waals surface area contributed by atoms with Crippen LogP contribution in [0.3, 0.4) is 0 Å². The quantitative estimate of drug-likeness (QED) is 0.0326. The number of benzene rings is 1. The van der Waals surface area contributed by atoms with Crippen LogP contribution in [0.1, 0.15) is 166 Å². The predicted octanol–water partition coefficient (Wildman–Crippen LogP) is 7.61. The highest BCUT2D eigenvalue weighted by molar-refractivity contribution is 6.12. The molecule has 1 aromatic heterocycles. The third-order valence-electron chi connectivity index (χ3n) is 21.3. The Morgan fingerprint density at radius 2 is 1.28 bits per heavy atom. The smallest absolute Gasteiger partial charge is 0.508 e. The van der Waals surface area contributed by atoms with Crippen LogP contribution in [0.4, 0.5) is 4.79 Å². The van der Waals surface area contributed by atoms with Crippen molar-refractivity contribution in [3.05, 3.63) is 47.2 Å². The maximum Gasteiger partial charge on any atom is 0.509 e. The Morgan fingerprint density at radius 3 is 1.88 bits per heavy atom. The van der Waals surface area contributed by atoms with Gasteiger partial charge in [0, 0.05) is 80.9 Å². The van der Waals surface area contributed by atoms with Crippen molar-refractivity contribution in [3.8, 4) is 5.75 Å². The van der Waals surface area contributed by atoms with Gasteiger partial charge < -0.3 is 77.9 Å². The van der Waals surface area contributed by atoms with Crippen LogP contribution in [0.25, 0.3) is 10.9 Å². The molecule has 27 nitrogen and oxygen atoms in total. The minimum absolute atomic E-state index is 0.00187. The van der Waals surface area contributed by atoms with Gasteiger partial charge in [0.05, 0.1) is 122 Å². The molecule has 4 fully saturated rings. The van der Waals surface area contributed by atoms with Gasteiger partial charge in [-0.1, -0.05) is 47.0 Å². The number of piperidine rings is 1. The molecule has 4 N–H and O–H groups in total. The van der Waals surface area contributed by atoms with E-state index in [1.807, 2.05) is 20.8 Å². The number of pyridine rings is 1. The van der Waals surface area contributed by atoms with E-state index in [0.717, 1.165) is 67.2 Å². The van der Waals surface area contributed by atoms with E-state index in [9.17, 15) is 48.3 Å². The number of Topliss-reactive ketones (excluding diaryl/α,β-unsaturated/α-hetero) is 3. The van der Waals surface area contributed by atoms with Crippen molar-refractivity contribution in [1.82, 2.24) is 20.1 Å². The van der Waals surface area contributed by atoms with Gasteiger partial charge in [-0.25, -0.2) is 9.59 Å². The van der Waals surface area contributed by atoms with E-state index in [2.05, 4.69) is 5.32 Å². The summed E-state index contributed by atoms with van der Waals surface area (Å²) >= 11 is 0. The number of unbranched alkanes of at least 4 members (excludes halogenated alkanes) is 1. The van der Waals surface area contributed by atoms with Crippen molar-refractivity contribution in [2.45, 2.75) is 174 Å². The number of nitrogens with zero attached hydrogens (tertiary/aromatic N) is 3. The average Bonchev–Trinajstić information content (AvgIpc) is 1.49. The largest absolute Gasteiger partial charge is 0.509 e. The number of phenols is 1. The molecule has 1 aromatic carbocycles. The summed E-state index contributed by atoms with van der Waals surface area (Å²) in [7, 11) is 0. The maximum atomic E-state index is 14.3. The van der Waals surface area contributed by atoms with E-state index in [4.69, 9.17) is 67.6 Å². The molecule has 4 amide bonds. The molecule has 0 radical (unpaired) electrons. The first-order valence-corrected chi connectivity index (χ1v) is 38.2. The van der Waals surface area contributed by atoms with Crippen LogP contribution in [-0.4, -0.2) is 230 Å². The Balaban J connectivity index is 0.572. The van der Waals surface area contributed by atoms with Crippen LogP contribution in [0.5, 0.6) is 5.75 Å². The Bertz CT molecular complexity index is 3120. The number of hydrogen-bond donors (Lipinski definition) is 3. The molecule has 2 saturated heterocycles. The average molecular weight is 1460 g/mol. The molecule has 8 rings (SSSR count). The number of carbonyl (C=O) groups is 9. The highest BCUT2D eigenvalue weighted by Gasteiger charge is 2.62. The monoisotopic (exact) mass is 1460 g/mol. The van der Waals surface area contributed by atoms with Gasteiger partial charge in [0.2, 0.25) is 17.4 Å². The summed E-state index contributed by atoms with van der Waals surface area (Å²) in [5.41, 5.74) is 7.20. The molecule has 2 aliphatic carbocycles. The second-order valence-electron chi connectivity index (χ2n) is 28.7. The summed E-state index contributed by atoms with van der Waals surface area (Å²) in [5.74, 6) is -2.84. The van der Waals surface area contributed by atoms with Crippen LogP contribution in [0.2, 0.25) is 0 Å². The first-order valence-electron chi connectivity index (χ1n) is 38.2. The first-order chi connectivity index (χ1) is 50.4. The molecule has 5 heterocycles. The second kappa shape index (κ2) is 44.0. The number of ketones is 3. The van der Waals surface area contributed by atoms with Crippen LogP contribution >= 0.6 is 0 Å². The van der Waals surface area contributed by atoms with Gasteiger partial charge in [0.1, 0.15) is 38.0 Å². The zero-order chi connectivity index (χ0) is 74.2. The van der Waals surface area contributed by atoms with E-state index in [0.29, 0.717) is 187 Å². The number of esters is 1. The second-order valence-corrected chi connectivity index (χ2v) is 28.7. The van der Waals surface area contributed by atoms with Gasteiger partial charge in [0.25, 0.3) is 11.8 Å². The number of rotatable bonds is 52. The standard InChI is InChI=1S/C77H115N5O22/c1-5-61-62-44-58(83)19-20-66(62)79-72-63(61)47-81-68(72)45-65-64(74(81)90)50-102-75(91)77(65,6-2)104-76(92)103-51-67(52(3)4)80-73(89)57(10-7-8-25-78)43-60(85)49-101-48-59(84)11-9-26-93-28-30-95-32-34-97-36-38-99-40-41-100-39-37-98-35-33-96-31-29-94-27-24-54-13-12-53(42-54)16-21-69(86)56-17-14-55(15-18-56)46-82-70(87)22-23-71(82)88/h19-20,22-23,44,52-57,64-65,67-68,83H,5-18,21,24-43,45-51,78H2,1-4H3,(H,80,89). The molecule has 8 unspecified atom stereocenters. The summed E-state index contributed by atoms with van der Waals surface area (Å²) in [6, 6.07) is 3.79. The summed E-state index contributed by atoms with van der Waals surface area (Å²) in [4.78, 5) is 126. The van der Waals surface area contributed by atoms with Crippen molar-refractivity contribution >= 4 is 64.0 Å². The third-order valence-corrected chi connectivity index (χ3v) is 21.3. The van der Waals surface area contributed by atoms with E-state index in [-0.39, 0.29) is 105 Å². The summed E-state index contributed by atoms with van der Waals surface area (Å²) < 4.78 is 67.7. The van der Waals surface area contributed by atoms with Crippen LogP contribution in [-0.2, 0) is 108 Å². The van der Waals surface area contributed by atoms with Gasteiger partial charge in [-0.05, 0) is 143 Å². The van der Waals surface area contributed by atoms with Gasteiger partial charge in [-0.3, -0.25) is 43.4 Å². The SMILES string of the molecule is CCc1c2c(nc3ccc(O)cc13)C1CC3C(COC(=O)C3(CC)OC(=O)OCC(NC(=O)C(CCCCN)CC(=O)COCC(=O)CCCOCCOCCOCCOCCOCCOCCOCCOCCC3CCC(CCC(=O)C4CCC(CN5C(=O)C=CC5=O)CC4)C3)C(C)C)C(=O)N1C2. The zero-order valence-corrected chi connectivity index (χ0v) is 61.8. The lowest BCUT2D eigenvalue weighted by atomic mass is 9.68. The fraction of sp³-hybridized carbons (Fsp3) is 0.740. The van der Waals surface area contributed by atoms with Crippen molar-refractivity contribution < 1.29 is 105 Å². The minimum atomic E-state index is -1.85. The van der Waals surface area contributed by atoms with Crippen LogP contribution < -0.4 is 11.1 Å². The number of imide groups is 1. The lowest BCUT2D eigenvalue weighted by Crippen LogP contribution is -2.63. The van der Waals surface area contributed by atoms with E-state index in [1.165, 1.54) is 29.9 Å². The molecule has 4 aliphatic heterocycles. The van der Waals surface area contributed by atoms with E-state index < -0.39 is 53.5 Å². The van der Waals surface area contributed by atoms with Crippen molar-refractivity contribution in [3.63, 3.8) is 0 Å². The number of cyclic esters (lactones) is 1. The molecule has 27 heteroatoms. The molecule has 2 saturated carbocycles. The van der Waals surface area contributed by atoms with Gasteiger partial charge in [0.15, 0.2) is 11.6 Å². The predicted molar refractivity (Wildman–Crippen MR) is 379 cm³/mol. The molecule has 580 valence electrons. The normalized spacial score (nSPS) is 22.8. The molecule has 2 aromatic rings. The molecular formula is C77H115N5O22. The van der Waals surface area contributed by atoms with Gasteiger partial charge >= 0.3 is 12.1 Å². The highest BCUT2D eigenvalue weighted by Crippen LogP contribution is 2.52. The Hall–Kier alpha value is -6.40. The lowest BCUT2D eigenvalue weighted by molar-refractivity contribution is -0.206. The molecule has 6 aliphatic rings. The fourth-order valence-corrected chi connectivity index (χ4v) is 15.3. The third kappa shape index (κ3) is 25.1. The number of aromatic hydroxyl groups is 1. The topological polar surface area (TPSA) is 342 Å². The number of ether oxygens (including phenoxy) is 12. The Labute approximate surface area is 611 Å². The summed E-state index contributed by atoms with van der Waals surface area (Å²) in [5, 5.41) is 14.0. The van der Waals surface area contributed by atoms with Crippen LogP contribution in [0.15, 0.2) is 30.4 Å². The number of amides is 4. The molecule has 0 spiro atoms. The first kappa shape index (κ1) is 83.2. The minimum Gasteiger partial charge on any atom is -0.508 e. The maximum absolute atomic E-state index is 14.3. The number of aromatic nitrogens is 1. The fourth-order valence-electron chi connectivity index (χ4n) is 15.3. The van der Waals surface area contributed by atoms with Crippen molar-refractivity contribution in [2.75, 3.05) is 145 Å². The van der Waals surface area contributed by atoms with Crippen molar-refractivity contribution in [1.29, 1.82) is 0 Å². The number of nitrogens with two attached hydrogens (primary N) is 1. The zero-order valence-electron chi connectivity index (χ0n) is 61.8. The number of phenolic OH excluding ortho intramolecular Hbond substituents is 1. The number of nitrogens with one attached hydrogen (secondary N) is 1. The number of hydrogen-bond acceptors (Lipinski definition) is 24. The molecule has 8 atom stereocenters. The van der Waals surface area contributed by atoms with E-state index in [1.54, 1.807) is 30.0 Å². The Morgan fingerprint density at radius 1 is 0.692 bits per heavy atom. The van der Waals surface area contributed by atoms with Gasteiger partial charge in [-0.15, -0.1) is 0 Å².